The van der Waals surface area contributed by atoms with Crippen LogP contribution in [0.25, 0.3) is 10.8 Å². The van der Waals surface area contributed by atoms with Crippen molar-refractivity contribution >= 4 is 26.7 Å². The minimum absolute atomic E-state index is 0.579. The van der Waals surface area contributed by atoms with Crippen molar-refractivity contribution in [1.82, 2.24) is 0 Å². The average molecular weight is 341 g/mol. The summed E-state index contributed by atoms with van der Waals surface area (Å²) in [5.41, 5.74) is 3.13. The van der Waals surface area contributed by atoms with E-state index in [-0.39, 0.29) is 0 Å². The molecule has 3 rings (SSSR count). The summed E-state index contributed by atoms with van der Waals surface area (Å²) >= 11 is 3.48. The highest BCUT2D eigenvalue weighted by atomic mass is 79.9. The molecular weight excluding hydrogens is 324 g/mol. The van der Waals surface area contributed by atoms with Crippen molar-refractivity contribution in [2.45, 2.75) is 19.4 Å². The first kappa shape index (κ1) is 14.3. The summed E-state index contributed by atoms with van der Waals surface area (Å²) in [5.74, 6) is 0. The minimum Gasteiger partial charge on any atom is -0.384 e. The van der Waals surface area contributed by atoms with E-state index in [0.717, 1.165) is 27.4 Å². The Hall–Kier alpha value is -1.64. The van der Waals surface area contributed by atoms with Crippen LogP contribution in [0.15, 0.2) is 65.1 Å². The fourth-order valence-electron chi connectivity index (χ4n) is 2.58. The third-order valence-corrected chi connectivity index (χ3v) is 4.31. The summed E-state index contributed by atoms with van der Waals surface area (Å²) in [6.07, 6.45) is 0.399. The Labute approximate surface area is 133 Å². The van der Waals surface area contributed by atoms with Crippen molar-refractivity contribution in [3.8, 4) is 0 Å². The first-order chi connectivity index (χ1) is 10.2. The highest BCUT2D eigenvalue weighted by molar-refractivity contribution is 9.10. The molecule has 21 heavy (non-hydrogen) atoms. The molecular formula is C19H17BrO. The molecule has 0 aliphatic carbocycles. The van der Waals surface area contributed by atoms with Crippen LogP contribution in [0.3, 0.4) is 0 Å². The van der Waals surface area contributed by atoms with Crippen LogP contribution in [-0.4, -0.2) is 5.11 Å². The van der Waals surface area contributed by atoms with Gasteiger partial charge in [-0.05, 0) is 52.1 Å². The number of hydrogen-bond donors (Lipinski definition) is 1. The normalized spacial score (nSPS) is 12.5. The van der Waals surface area contributed by atoms with Crippen molar-refractivity contribution in [2.75, 3.05) is 0 Å². The number of aliphatic hydroxyl groups excluding tert-OH is 1. The zero-order valence-electron chi connectivity index (χ0n) is 11.9. The number of fused-ring (bicyclic) bond motifs is 1. The number of aryl methyl sites for hydroxylation is 1. The predicted molar refractivity (Wildman–Crippen MR) is 91.5 cm³/mol. The van der Waals surface area contributed by atoms with Gasteiger partial charge in [0.15, 0.2) is 0 Å². The van der Waals surface area contributed by atoms with Gasteiger partial charge in [0.05, 0.1) is 0 Å². The summed E-state index contributed by atoms with van der Waals surface area (Å²) in [6, 6.07) is 20.5. The Bertz CT molecular complexity index is 779. The van der Waals surface area contributed by atoms with Crippen LogP contribution in [0, 0.1) is 0 Å². The minimum atomic E-state index is -0.579. The second-order valence-electron chi connectivity index (χ2n) is 5.25. The summed E-state index contributed by atoms with van der Waals surface area (Å²) < 4.78 is 1.07. The molecule has 1 N–H and O–H groups in total. The fourth-order valence-corrected chi connectivity index (χ4v) is 2.96. The molecule has 0 fully saturated rings. The molecule has 0 radical (unpaired) electrons. The molecule has 0 aromatic heterocycles. The van der Waals surface area contributed by atoms with Gasteiger partial charge in [0.25, 0.3) is 0 Å². The standard InChI is InChI=1S/C19H17BrO/c1-2-13-4-3-5-16(10-13)19(21)17-7-6-15-12-18(20)9-8-14(15)11-17/h3-12,19,21H,2H2,1H3. The van der Waals surface area contributed by atoms with E-state index in [0.29, 0.717) is 0 Å². The van der Waals surface area contributed by atoms with E-state index < -0.39 is 6.10 Å². The first-order valence-corrected chi connectivity index (χ1v) is 7.93. The number of rotatable bonds is 3. The molecule has 0 heterocycles. The van der Waals surface area contributed by atoms with Crippen molar-refractivity contribution < 1.29 is 5.11 Å². The lowest BCUT2D eigenvalue weighted by molar-refractivity contribution is 0.220. The number of hydrogen-bond acceptors (Lipinski definition) is 1. The molecule has 1 nitrogen and oxygen atoms in total. The molecule has 0 aliphatic rings. The Morgan fingerprint density at radius 1 is 0.905 bits per heavy atom. The lowest BCUT2D eigenvalue weighted by atomic mass is 9.97. The lowest BCUT2D eigenvalue weighted by Crippen LogP contribution is -2.00. The van der Waals surface area contributed by atoms with E-state index in [4.69, 9.17) is 0 Å². The monoisotopic (exact) mass is 340 g/mol. The highest BCUT2D eigenvalue weighted by Crippen LogP contribution is 2.27. The topological polar surface area (TPSA) is 20.2 Å². The molecule has 3 aromatic rings. The Balaban J connectivity index is 2.00. The van der Waals surface area contributed by atoms with Crippen LogP contribution in [0.4, 0.5) is 0 Å². The second kappa shape index (κ2) is 6.00. The second-order valence-corrected chi connectivity index (χ2v) is 6.17. The van der Waals surface area contributed by atoms with E-state index in [9.17, 15) is 5.11 Å². The summed E-state index contributed by atoms with van der Waals surface area (Å²) in [6.45, 7) is 2.12. The maximum Gasteiger partial charge on any atom is 0.104 e. The van der Waals surface area contributed by atoms with Gasteiger partial charge in [0.2, 0.25) is 0 Å². The van der Waals surface area contributed by atoms with Gasteiger partial charge in [-0.25, -0.2) is 0 Å². The van der Waals surface area contributed by atoms with Crippen LogP contribution in [0.1, 0.15) is 29.7 Å². The molecule has 0 saturated heterocycles. The van der Waals surface area contributed by atoms with Gasteiger partial charge in [-0.1, -0.05) is 65.3 Å². The number of aliphatic hydroxyl groups is 1. The Kier molecular flexibility index (Phi) is 4.09. The number of halogens is 1. The number of benzene rings is 3. The maximum absolute atomic E-state index is 10.6. The van der Waals surface area contributed by atoms with Crippen LogP contribution in [0.2, 0.25) is 0 Å². The first-order valence-electron chi connectivity index (χ1n) is 7.13. The van der Waals surface area contributed by atoms with Gasteiger partial charge in [-0.3, -0.25) is 0 Å². The quantitative estimate of drug-likeness (QED) is 0.690. The third-order valence-electron chi connectivity index (χ3n) is 3.82. The van der Waals surface area contributed by atoms with Gasteiger partial charge in [0, 0.05) is 4.47 Å². The smallest absolute Gasteiger partial charge is 0.104 e. The summed E-state index contributed by atoms with van der Waals surface area (Å²) in [5, 5.41) is 12.9. The van der Waals surface area contributed by atoms with E-state index >= 15 is 0 Å². The maximum atomic E-state index is 10.6. The molecule has 0 spiro atoms. The molecule has 106 valence electrons. The average Bonchev–Trinajstić information content (AvgIpc) is 2.53. The van der Waals surface area contributed by atoms with E-state index in [1.165, 1.54) is 10.9 Å². The largest absolute Gasteiger partial charge is 0.384 e. The highest BCUT2D eigenvalue weighted by Gasteiger charge is 2.11. The summed E-state index contributed by atoms with van der Waals surface area (Å²) in [7, 11) is 0. The van der Waals surface area contributed by atoms with Crippen molar-refractivity contribution in [3.05, 3.63) is 81.8 Å². The molecule has 1 atom stereocenters. The van der Waals surface area contributed by atoms with Gasteiger partial charge in [0.1, 0.15) is 6.10 Å². The molecule has 3 aromatic carbocycles. The van der Waals surface area contributed by atoms with E-state index in [1.807, 2.05) is 24.3 Å². The molecule has 2 heteroatoms. The lowest BCUT2D eigenvalue weighted by Gasteiger charge is -2.13. The molecule has 0 amide bonds. The van der Waals surface area contributed by atoms with Crippen molar-refractivity contribution in [3.63, 3.8) is 0 Å². The van der Waals surface area contributed by atoms with Crippen molar-refractivity contribution in [1.29, 1.82) is 0 Å². The van der Waals surface area contributed by atoms with Crippen molar-refractivity contribution in [2.24, 2.45) is 0 Å². The van der Waals surface area contributed by atoms with Crippen LogP contribution >= 0.6 is 15.9 Å². The predicted octanol–water partition coefficient (Wildman–Crippen LogP) is 5.25. The van der Waals surface area contributed by atoms with Crippen LogP contribution < -0.4 is 0 Å². The van der Waals surface area contributed by atoms with Gasteiger partial charge >= 0.3 is 0 Å². The third kappa shape index (κ3) is 3.02. The fraction of sp³-hybridized carbons (Fsp3) is 0.158. The summed E-state index contributed by atoms with van der Waals surface area (Å²) in [4.78, 5) is 0. The van der Waals surface area contributed by atoms with E-state index in [1.54, 1.807) is 0 Å². The molecule has 0 saturated carbocycles. The van der Waals surface area contributed by atoms with Gasteiger partial charge < -0.3 is 5.11 Å². The Morgan fingerprint density at radius 2 is 1.62 bits per heavy atom. The van der Waals surface area contributed by atoms with Gasteiger partial charge in [-0.2, -0.15) is 0 Å². The van der Waals surface area contributed by atoms with Crippen LogP contribution in [0.5, 0.6) is 0 Å². The zero-order chi connectivity index (χ0) is 14.8. The molecule has 0 aliphatic heterocycles. The van der Waals surface area contributed by atoms with Gasteiger partial charge in [-0.15, -0.1) is 0 Å². The SMILES string of the molecule is CCc1cccc(C(O)c2ccc3cc(Br)ccc3c2)c1. The Morgan fingerprint density at radius 3 is 2.43 bits per heavy atom. The van der Waals surface area contributed by atoms with E-state index in [2.05, 4.69) is 59.3 Å². The molecule has 1 unspecified atom stereocenters. The zero-order valence-corrected chi connectivity index (χ0v) is 13.5. The van der Waals surface area contributed by atoms with Crippen LogP contribution in [-0.2, 0) is 6.42 Å². The molecule has 0 bridgehead atoms.